The van der Waals surface area contributed by atoms with Gasteiger partial charge in [-0.2, -0.15) is 0 Å². The Morgan fingerprint density at radius 1 is 1.33 bits per heavy atom. The van der Waals surface area contributed by atoms with Crippen LogP contribution in [-0.4, -0.2) is 6.61 Å². The van der Waals surface area contributed by atoms with Gasteiger partial charge in [0.2, 0.25) is 0 Å². The Morgan fingerprint density at radius 3 is 2.95 bits per heavy atom. The molecular weight excluding hydrogens is 350 g/mol. The number of halogens is 2. The Hall–Kier alpha value is -1.19. The second-order valence-electron chi connectivity index (χ2n) is 5.13. The third-order valence-corrected chi connectivity index (χ3v) is 4.57. The van der Waals surface area contributed by atoms with Gasteiger partial charge in [-0.1, -0.05) is 35.9 Å². The maximum atomic E-state index is 6.18. The number of hydrogen-bond acceptors (Lipinski definition) is 2. The van der Waals surface area contributed by atoms with Crippen molar-refractivity contribution < 1.29 is 4.74 Å². The first-order valence-electron chi connectivity index (χ1n) is 7.15. The quantitative estimate of drug-likeness (QED) is 0.760. The molecule has 110 valence electrons. The molecule has 0 saturated carbocycles. The first-order chi connectivity index (χ1) is 10.2. The SMILES string of the molecule is CCOc1c(Br)cc(Cl)cc1NC1CCc2ccccc21. The summed E-state index contributed by atoms with van der Waals surface area (Å²) in [5.41, 5.74) is 3.74. The first kappa shape index (κ1) is 14.7. The number of hydrogen-bond donors (Lipinski definition) is 1. The standard InChI is InChI=1S/C17H17BrClNO/c1-2-21-17-14(18)9-12(19)10-16(17)20-15-8-7-11-5-3-4-6-13(11)15/h3-6,9-10,15,20H,2,7-8H2,1H3. The van der Waals surface area contributed by atoms with E-state index in [1.165, 1.54) is 11.1 Å². The zero-order valence-corrected chi connectivity index (χ0v) is 14.2. The number of ether oxygens (including phenoxy) is 1. The van der Waals surface area contributed by atoms with Crippen LogP contribution in [0.5, 0.6) is 5.75 Å². The molecule has 2 aromatic rings. The van der Waals surface area contributed by atoms with Gasteiger partial charge in [-0.25, -0.2) is 0 Å². The lowest BCUT2D eigenvalue weighted by Gasteiger charge is -2.19. The van der Waals surface area contributed by atoms with E-state index in [2.05, 4.69) is 45.5 Å². The molecule has 1 aliphatic rings. The summed E-state index contributed by atoms with van der Waals surface area (Å²) in [7, 11) is 0. The molecule has 0 aromatic heterocycles. The number of fused-ring (bicyclic) bond motifs is 1. The van der Waals surface area contributed by atoms with Crippen molar-refractivity contribution >= 4 is 33.2 Å². The molecule has 21 heavy (non-hydrogen) atoms. The third kappa shape index (κ3) is 3.04. The minimum Gasteiger partial charge on any atom is -0.491 e. The molecule has 0 bridgehead atoms. The fourth-order valence-corrected chi connectivity index (χ4v) is 3.78. The number of nitrogens with one attached hydrogen (secondary N) is 1. The van der Waals surface area contributed by atoms with E-state index in [1.54, 1.807) is 0 Å². The van der Waals surface area contributed by atoms with Gasteiger partial charge in [-0.15, -0.1) is 0 Å². The summed E-state index contributed by atoms with van der Waals surface area (Å²) in [6.45, 7) is 2.60. The van der Waals surface area contributed by atoms with Crippen LogP contribution in [0, 0.1) is 0 Å². The molecule has 1 N–H and O–H groups in total. The van der Waals surface area contributed by atoms with Crippen LogP contribution in [0.15, 0.2) is 40.9 Å². The van der Waals surface area contributed by atoms with E-state index in [9.17, 15) is 0 Å². The van der Waals surface area contributed by atoms with E-state index >= 15 is 0 Å². The first-order valence-corrected chi connectivity index (χ1v) is 8.32. The zero-order chi connectivity index (χ0) is 14.8. The minimum atomic E-state index is 0.311. The van der Waals surface area contributed by atoms with Crippen LogP contribution < -0.4 is 10.1 Å². The molecule has 4 heteroatoms. The van der Waals surface area contributed by atoms with E-state index in [1.807, 2.05) is 19.1 Å². The van der Waals surface area contributed by atoms with Crippen molar-refractivity contribution in [1.29, 1.82) is 0 Å². The van der Waals surface area contributed by atoms with Gasteiger partial charge in [-0.05, 0) is 59.0 Å². The Kier molecular flexibility index (Phi) is 4.41. The molecule has 2 nitrogen and oxygen atoms in total. The highest BCUT2D eigenvalue weighted by Crippen LogP contribution is 2.41. The average Bonchev–Trinajstić information content (AvgIpc) is 2.86. The van der Waals surface area contributed by atoms with Gasteiger partial charge < -0.3 is 10.1 Å². The van der Waals surface area contributed by atoms with Gasteiger partial charge in [0, 0.05) is 5.02 Å². The predicted molar refractivity (Wildman–Crippen MR) is 91.4 cm³/mol. The number of aryl methyl sites for hydroxylation is 1. The normalized spacial score (nSPS) is 16.6. The molecule has 0 heterocycles. The highest BCUT2D eigenvalue weighted by molar-refractivity contribution is 9.10. The molecule has 1 aliphatic carbocycles. The molecule has 0 radical (unpaired) electrons. The monoisotopic (exact) mass is 365 g/mol. The lowest BCUT2D eigenvalue weighted by Crippen LogP contribution is -2.09. The van der Waals surface area contributed by atoms with Gasteiger partial charge in [0.05, 0.1) is 22.8 Å². The Bertz CT molecular complexity index is 659. The smallest absolute Gasteiger partial charge is 0.156 e. The van der Waals surface area contributed by atoms with E-state index in [0.717, 1.165) is 28.8 Å². The molecule has 0 aliphatic heterocycles. The second kappa shape index (κ2) is 6.29. The van der Waals surface area contributed by atoms with E-state index in [0.29, 0.717) is 17.7 Å². The van der Waals surface area contributed by atoms with Crippen LogP contribution in [-0.2, 0) is 6.42 Å². The predicted octanol–water partition coefficient (Wildman–Crippen LogP) is 5.60. The van der Waals surface area contributed by atoms with Crippen LogP contribution >= 0.6 is 27.5 Å². The van der Waals surface area contributed by atoms with Crippen LogP contribution in [0.1, 0.15) is 30.5 Å². The van der Waals surface area contributed by atoms with Crippen molar-refractivity contribution in [3.05, 3.63) is 57.0 Å². The highest BCUT2D eigenvalue weighted by Gasteiger charge is 2.23. The van der Waals surface area contributed by atoms with Crippen molar-refractivity contribution in [2.75, 3.05) is 11.9 Å². The number of rotatable bonds is 4. The van der Waals surface area contributed by atoms with Crippen LogP contribution in [0.3, 0.4) is 0 Å². The van der Waals surface area contributed by atoms with Crippen molar-refractivity contribution in [3.8, 4) is 5.75 Å². The molecule has 0 fully saturated rings. The van der Waals surface area contributed by atoms with Gasteiger partial charge in [0.25, 0.3) is 0 Å². The minimum absolute atomic E-state index is 0.311. The van der Waals surface area contributed by atoms with Gasteiger partial charge >= 0.3 is 0 Å². The lowest BCUT2D eigenvalue weighted by molar-refractivity contribution is 0.339. The van der Waals surface area contributed by atoms with Crippen molar-refractivity contribution in [3.63, 3.8) is 0 Å². The number of benzene rings is 2. The van der Waals surface area contributed by atoms with Crippen LogP contribution in [0.4, 0.5) is 5.69 Å². The fraction of sp³-hybridized carbons (Fsp3) is 0.294. The molecule has 0 saturated heterocycles. The average molecular weight is 367 g/mol. The zero-order valence-electron chi connectivity index (χ0n) is 11.8. The lowest BCUT2D eigenvalue weighted by atomic mass is 10.1. The van der Waals surface area contributed by atoms with Crippen LogP contribution in [0.2, 0.25) is 5.02 Å². The van der Waals surface area contributed by atoms with Crippen molar-refractivity contribution in [2.24, 2.45) is 0 Å². The fourth-order valence-electron chi connectivity index (χ4n) is 2.85. The van der Waals surface area contributed by atoms with Crippen molar-refractivity contribution in [1.82, 2.24) is 0 Å². The maximum absolute atomic E-state index is 6.18. The molecule has 0 spiro atoms. The van der Waals surface area contributed by atoms with Crippen LogP contribution in [0.25, 0.3) is 0 Å². The third-order valence-electron chi connectivity index (χ3n) is 3.76. The van der Waals surface area contributed by atoms with E-state index in [-0.39, 0.29) is 0 Å². The van der Waals surface area contributed by atoms with Gasteiger partial charge in [0.15, 0.2) is 5.75 Å². The topological polar surface area (TPSA) is 21.3 Å². The summed E-state index contributed by atoms with van der Waals surface area (Å²) in [5.74, 6) is 0.825. The molecular formula is C17H17BrClNO. The molecule has 0 amide bonds. The summed E-state index contributed by atoms with van der Waals surface area (Å²) in [6.07, 6.45) is 2.20. The Labute approximate surface area is 138 Å². The highest BCUT2D eigenvalue weighted by atomic mass is 79.9. The van der Waals surface area contributed by atoms with E-state index in [4.69, 9.17) is 16.3 Å². The molecule has 3 rings (SSSR count). The summed E-state index contributed by atoms with van der Waals surface area (Å²) >= 11 is 9.71. The molecule has 2 aromatic carbocycles. The maximum Gasteiger partial charge on any atom is 0.156 e. The van der Waals surface area contributed by atoms with Gasteiger partial charge in [-0.3, -0.25) is 0 Å². The summed E-state index contributed by atoms with van der Waals surface area (Å²) in [6, 6.07) is 12.7. The Balaban J connectivity index is 1.92. The molecule has 1 unspecified atom stereocenters. The summed E-state index contributed by atoms with van der Waals surface area (Å²) < 4.78 is 6.63. The Morgan fingerprint density at radius 2 is 2.14 bits per heavy atom. The van der Waals surface area contributed by atoms with Gasteiger partial charge in [0.1, 0.15) is 0 Å². The molecule has 1 atom stereocenters. The summed E-state index contributed by atoms with van der Waals surface area (Å²) in [5, 5.41) is 4.29. The van der Waals surface area contributed by atoms with E-state index < -0.39 is 0 Å². The summed E-state index contributed by atoms with van der Waals surface area (Å²) in [4.78, 5) is 0. The second-order valence-corrected chi connectivity index (χ2v) is 6.42. The van der Waals surface area contributed by atoms with Crippen molar-refractivity contribution in [2.45, 2.75) is 25.8 Å². The largest absolute Gasteiger partial charge is 0.491 e. The number of anilines is 1.